The molecule has 7 atom stereocenters. The summed E-state index contributed by atoms with van der Waals surface area (Å²) < 4.78 is 43.0. The highest BCUT2D eigenvalue weighted by atomic mass is 19.3. The Balaban J connectivity index is 0.868. The van der Waals surface area contributed by atoms with E-state index in [9.17, 15) is 19.2 Å². The number of likely N-dealkylation sites (tertiary alicyclic amines) is 2. The summed E-state index contributed by atoms with van der Waals surface area (Å²) in [6.45, 7) is 8.48. The molecule has 3 aliphatic carbocycles. The van der Waals surface area contributed by atoms with Crippen LogP contribution in [0.15, 0.2) is 59.6 Å². The average Bonchev–Trinajstić information content (AvgIpc) is 3.95. The van der Waals surface area contributed by atoms with Gasteiger partial charge in [0, 0.05) is 23.7 Å². The monoisotopic (exact) mass is 890 g/mol. The predicted octanol–water partition coefficient (Wildman–Crippen LogP) is 7.59. The maximum Gasteiger partial charge on any atom is 0.407 e. The standard InChI is InChI=1S/C49H56F2N8O6/c1-24(2)39(56-46(62)64-5)44(60)58-23-48(15-16-48)21-38(58)42-52-22-37(55-42)28-9-13-32-31-12-8-26(18-33(31)49(50,51)34(32)19-28)27-10-14-35-36(20-27)54-43(53-35)41-29-7-11-30(17-29)59(41)45(61)40(25(3)4)57-47(63)65-6/h8-10,12-14,18-20,24-25,29-30,37-41H,7,11,15-17,21-23H2,1-6H3,(H,52,55)(H,53,54)(H,56,62)(H,57,63)/t29-,30+,37?,38-,39-,40-,41-/m0/s1. The second-order valence-electron chi connectivity index (χ2n) is 19.7. The third-order valence-corrected chi connectivity index (χ3v) is 15.0. The lowest BCUT2D eigenvalue weighted by molar-refractivity contribution is -0.139. The van der Waals surface area contributed by atoms with Gasteiger partial charge in [-0.15, -0.1) is 0 Å². The van der Waals surface area contributed by atoms with Gasteiger partial charge in [0.25, 0.3) is 5.92 Å². The van der Waals surface area contributed by atoms with Crippen LogP contribution in [0.2, 0.25) is 0 Å². The predicted molar refractivity (Wildman–Crippen MR) is 239 cm³/mol. The Bertz CT molecular complexity index is 2640. The van der Waals surface area contributed by atoms with Gasteiger partial charge in [-0.1, -0.05) is 58.0 Å². The summed E-state index contributed by atoms with van der Waals surface area (Å²) in [6, 6.07) is 13.8. The number of aromatic nitrogens is 2. The van der Waals surface area contributed by atoms with Gasteiger partial charge in [0.05, 0.1) is 49.9 Å². The molecule has 6 aliphatic rings. The zero-order valence-electron chi connectivity index (χ0n) is 37.5. The third kappa shape index (κ3) is 7.27. The van der Waals surface area contributed by atoms with Gasteiger partial charge in [0.2, 0.25) is 11.8 Å². The van der Waals surface area contributed by atoms with Crippen molar-refractivity contribution in [3.05, 3.63) is 77.1 Å². The van der Waals surface area contributed by atoms with Gasteiger partial charge in [-0.25, -0.2) is 14.6 Å². The first-order valence-corrected chi connectivity index (χ1v) is 22.9. The van der Waals surface area contributed by atoms with Crippen molar-refractivity contribution in [2.24, 2.45) is 28.2 Å². The van der Waals surface area contributed by atoms with Gasteiger partial charge >= 0.3 is 12.2 Å². The lowest BCUT2D eigenvalue weighted by Gasteiger charge is -2.37. The largest absolute Gasteiger partial charge is 0.453 e. The van der Waals surface area contributed by atoms with Crippen LogP contribution in [0.4, 0.5) is 18.4 Å². The lowest BCUT2D eigenvalue weighted by atomic mass is 9.95. The van der Waals surface area contributed by atoms with Gasteiger partial charge in [0.15, 0.2) is 0 Å². The Morgan fingerprint density at radius 2 is 1.48 bits per heavy atom. The molecule has 3 aromatic carbocycles. The van der Waals surface area contributed by atoms with Gasteiger partial charge < -0.3 is 40.2 Å². The highest BCUT2D eigenvalue weighted by Gasteiger charge is 2.56. The molecule has 16 heteroatoms. The molecule has 10 rings (SSSR count). The number of nitrogens with zero attached hydrogens (tertiary/aromatic N) is 4. The number of rotatable bonds is 10. The minimum atomic E-state index is -3.26. The number of amides is 4. The zero-order chi connectivity index (χ0) is 45.7. The highest BCUT2D eigenvalue weighted by Crippen LogP contribution is 2.56. The molecule has 0 radical (unpaired) electrons. The van der Waals surface area contributed by atoms with Crippen molar-refractivity contribution < 1.29 is 37.4 Å². The van der Waals surface area contributed by atoms with E-state index in [0.29, 0.717) is 52.5 Å². The number of alkyl halides is 2. The van der Waals surface area contributed by atoms with Gasteiger partial charge in [-0.2, -0.15) is 8.78 Å². The number of aliphatic imine (C=N–C) groups is 1. The third-order valence-electron chi connectivity index (χ3n) is 15.0. The van der Waals surface area contributed by atoms with Crippen molar-refractivity contribution in [2.45, 2.75) is 108 Å². The molecule has 1 spiro atoms. The smallest absolute Gasteiger partial charge is 0.407 e. The minimum Gasteiger partial charge on any atom is -0.453 e. The molecule has 1 aromatic heterocycles. The number of hydrogen-bond donors (Lipinski definition) is 4. The number of imidazole rings is 1. The molecular formula is C49H56F2N8O6. The fourth-order valence-electron chi connectivity index (χ4n) is 11.3. The van der Waals surface area contributed by atoms with E-state index in [1.807, 2.05) is 67.8 Å². The lowest BCUT2D eigenvalue weighted by Crippen LogP contribution is -2.55. The number of H-pyrrole nitrogens is 1. The normalized spacial score (nSPS) is 25.1. The van der Waals surface area contributed by atoms with Crippen LogP contribution in [0, 0.1) is 23.2 Å². The van der Waals surface area contributed by atoms with Crippen molar-refractivity contribution in [3.63, 3.8) is 0 Å². The van der Waals surface area contributed by atoms with E-state index in [-0.39, 0.29) is 70.3 Å². The van der Waals surface area contributed by atoms with Gasteiger partial charge in [0.1, 0.15) is 23.7 Å². The molecule has 4 amide bonds. The molecule has 65 heavy (non-hydrogen) atoms. The molecule has 342 valence electrons. The molecule has 4 fully saturated rings. The number of aromatic amines is 1. The summed E-state index contributed by atoms with van der Waals surface area (Å²) in [7, 11) is 2.55. The van der Waals surface area contributed by atoms with Gasteiger partial charge in [-0.05, 0) is 114 Å². The zero-order valence-corrected chi connectivity index (χ0v) is 37.5. The number of fused-ring (bicyclic) bond motifs is 6. The van der Waals surface area contributed by atoms with E-state index >= 15 is 8.78 Å². The molecule has 2 saturated carbocycles. The Hall–Kier alpha value is -6.06. The summed E-state index contributed by atoms with van der Waals surface area (Å²) in [5.41, 5.74) is 4.42. The molecule has 4 heterocycles. The summed E-state index contributed by atoms with van der Waals surface area (Å²) in [4.78, 5) is 69.5. The molecule has 1 unspecified atom stereocenters. The Morgan fingerprint density at radius 1 is 0.831 bits per heavy atom. The number of nitrogens with one attached hydrogen (secondary N) is 4. The number of carbonyl (C=O) groups is 4. The van der Waals surface area contributed by atoms with E-state index in [2.05, 4.69) is 20.9 Å². The number of halogens is 2. The number of ether oxygens (including phenoxy) is 2. The Kier molecular flexibility index (Phi) is 10.4. The van der Waals surface area contributed by atoms with E-state index in [1.165, 1.54) is 14.2 Å². The molecule has 4 N–H and O–H groups in total. The summed E-state index contributed by atoms with van der Waals surface area (Å²) in [5.74, 6) is -2.36. The first kappa shape index (κ1) is 42.9. The van der Waals surface area contributed by atoms with Crippen molar-refractivity contribution >= 4 is 40.9 Å². The van der Waals surface area contributed by atoms with Gasteiger partial charge in [-0.3, -0.25) is 14.6 Å². The fraction of sp³-hybridized carbons (Fsp3) is 0.510. The number of hydrogen-bond acceptors (Lipinski definition) is 9. The number of amidine groups is 1. The second-order valence-corrected chi connectivity index (χ2v) is 19.7. The number of carbonyl (C=O) groups excluding carboxylic acids is 4. The molecular weight excluding hydrogens is 835 g/mol. The minimum absolute atomic E-state index is 0.0333. The SMILES string of the molecule is COC(=O)N[C@H](C(=O)N1CC2(CC2)C[C@H]1C1=NCC(c2ccc3c(c2)C(F)(F)c2cc(-c4ccc5nc([C@@H]6[C@H]7CC[C@H](C7)N6C(=O)[C@@H](NC(=O)OC)C(C)C)[nH]c5c4)ccc2-3)N1)C(C)C. The van der Waals surface area contributed by atoms with E-state index in [0.717, 1.165) is 49.6 Å². The highest BCUT2D eigenvalue weighted by molar-refractivity contribution is 5.96. The first-order valence-electron chi connectivity index (χ1n) is 22.9. The summed E-state index contributed by atoms with van der Waals surface area (Å²) in [5, 5.41) is 8.96. The average molecular weight is 891 g/mol. The quantitative estimate of drug-likeness (QED) is 0.126. The molecule has 14 nitrogen and oxygen atoms in total. The number of methoxy groups -OCH3 is 2. The number of benzene rings is 3. The summed E-state index contributed by atoms with van der Waals surface area (Å²) in [6.07, 6.45) is 4.20. The van der Waals surface area contributed by atoms with Crippen molar-refractivity contribution in [2.75, 3.05) is 27.3 Å². The van der Waals surface area contributed by atoms with Crippen molar-refractivity contribution in [1.82, 2.24) is 35.7 Å². The van der Waals surface area contributed by atoms with Crippen molar-refractivity contribution in [3.8, 4) is 22.3 Å². The van der Waals surface area contributed by atoms with Crippen LogP contribution >= 0.6 is 0 Å². The topological polar surface area (TPSA) is 170 Å². The molecule has 3 aliphatic heterocycles. The molecule has 4 aromatic rings. The summed E-state index contributed by atoms with van der Waals surface area (Å²) >= 11 is 0. The molecule has 2 bridgehead atoms. The van der Waals surface area contributed by atoms with Crippen molar-refractivity contribution in [1.29, 1.82) is 0 Å². The van der Waals surface area contributed by atoms with Crippen LogP contribution < -0.4 is 16.0 Å². The Labute approximate surface area is 376 Å². The van der Waals surface area contributed by atoms with E-state index in [1.54, 1.807) is 24.3 Å². The number of piperidine rings is 1. The molecule has 2 saturated heterocycles. The van der Waals surface area contributed by atoms with Crippen LogP contribution in [0.25, 0.3) is 33.3 Å². The van der Waals surface area contributed by atoms with E-state index in [4.69, 9.17) is 19.5 Å². The maximum absolute atomic E-state index is 16.7. The first-order chi connectivity index (χ1) is 31.1. The van der Waals surface area contributed by atoms with Crippen LogP contribution in [-0.2, 0) is 25.0 Å². The fourth-order valence-corrected chi connectivity index (χ4v) is 11.3. The van der Waals surface area contributed by atoms with Crippen LogP contribution in [-0.4, -0.2) is 101 Å². The second kappa shape index (κ2) is 15.8. The Morgan fingerprint density at radius 3 is 2.15 bits per heavy atom. The van der Waals surface area contributed by atoms with Crippen LogP contribution in [0.5, 0.6) is 0 Å². The maximum atomic E-state index is 16.7. The van der Waals surface area contributed by atoms with Crippen LogP contribution in [0.1, 0.15) is 101 Å². The number of alkyl carbamates (subject to hydrolysis) is 2. The van der Waals surface area contributed by atoms with Crippen LogP contribution in [0.3, 0.4) is 0 Å². The van der Waals surface area contributed by atoms with E-state index < -0.39 is 30.2 Å².